The molecule has 0 aliphatic carbocycles. The van der Waals surface area contributed by atoms with Crippen LogP contribution < -0.4 is 14.4 Å². The zero-order valence-electron chi connectivity index (χ0n) is 18.9. The monoisotopic (exact) mass is 430 g/mol. The number of nitrogens with zero attached hydrogens (tertiary/aromatic N) is 1. The van der Waals surface area contributed by atoms with Gasteiger partial charge in [-0.2, -0.15) is 0 Å². The van der Waals surface area contributed by atoms with Crippen LogP contribution in [-0.4, -0.2) is 28.0 Å². The molecule has 2 aromatic carbocycles. The Morgan fingerprint density at radius 1 is 0.967 bits per heavy atom. The molecular weight excluding hydrogens is 400 g/mol. The Morgan fingerprint density at radius 3 is 2.07 bits per heavy atom. The Labute approximate surface area is 179 Å². The lowest BCUT2D eigenvalue weighted by atomic mass is 9.93. The molecule has 0 aromatic heterocycles. The van der Waals surface area contributed by atoms with Gasteiger partial charge in [0, 0.05) is 13.1 Å². The molecule has 0 unspecified atom stereocenters. The van der Waals surface area contributed by atoms with E-state index in [0.29, 0.717) is 22.0 Å². The molecule has 1 aliphatic rings. The summed E-state index contributed by atoms with van der Waals surface area (Å²) >= 11 is 0. The van der Waals surface area contributed by atoms with Crippen LogP contribution in [-0.2, 0) is 14.8 Å². The van der Waals surface area contributed by atoms with Crippen molar-refractivity contribution in [2.75, 3.05) is 23.3 Å². The third kappa shape index (κ3) is 3.55. The van der Waals surface area contributed by atoms with Gasteiger partial charge in [-0.1, -0.05) is 0 Å². The van der Waals surface area contributed by atoms with Gasteiger partial charge in [-0.05, 0) is 88.4 Å². The van der Waals surface area contributed by atoms with Gasteiger partial charge in [-0.3, -0.25) is 9.52 Å². The van der Waals surface area contributed by atoms with Gasteiger partial charge in [0.05, 0.1) is 21.7 Å². The van der Waals surface area contributed by atoms with Gasteiger partial charge in [0.2, 0.25) is 5.91 Å². The molecule has 0 saturated heterocycles. The third-order valence-corrected chi connectivity index (χ3v) is 7.90. The number of hydrogen-bond acceptors (Lipinski definition) is 4. The second-order valence-corrected chi connectivity index (χ2v) is 10.4. The van der Waals surface area contributed by atoms with E-state index >= 15 is 0 Å². The molecule has 0 atom stereocenters. The molecule has 30 heavy (non-hydrogen) atoms. The van der Waals surface area contributed by atoms with E-state index in [1.165, 1.54) is 0 Å². The minimum Gasteiger partial charge on any atom is -0.490 e. The molecule has 6 nitrogen and oxygen atoms in total. The minimum atomic E-state index is -3.81. The lowest BCUT2D eigenvalue weighted by Crippen LogP contribution is -2.39. The normalized spacial score (nSPS) is 16.0. The summed E-state index contributed by atoms with van der Waals surface area (Å²) in [6.07, 6.45) is 0. The molecule has 1 amide bonds. The standard InChI is InChI=1S/C23H30N2O4S/c1-13-14(2)16(4)21(17(5)15(13)3)30(27,28)24-18-9-10-19-20(11-18)29-12-23(6,7)22(26)25(19)8/h9-11,24H,12H2,1-8H3. The number of carbonyl (C=O) groups is 1. The Kier molecular flexibility index (Phi) is 5.39. The average Bonchev–Trinajstić information content (AvgIpc) is 2.75. The van der Waals surface area contributed by atoms with Gasteiger partial charge in [0.25, 0.3) is 10.0 Å². The van der Waals surface area contributed by atoms with Gasteiger partial charge in [-0.15, -0.1) is 0 Å². The molecule has 2 aromatic rings. The maximum atomic E-state index is 13.3. The van der Waals surface area contributed by atoms with Crippen molar-refractivity contribution in [2.24, 2.45) is 5.41 Å². The Bertz CT molecular complexity index is 1120. The number of fused-ring (bicyclic) bond motifs is 1. The van der Waals surface area contributed by atoms with E-state index in [0.717, 1.165) is 27.8 Å². The summed E-state index contributed by atoms with van der Waals surface area (Å²) in [6, 6.07) is 4.99. The predicted molar refractivity (Wildman–Crippen MR) is 120 cm³/mol. The second kappa shape index (κ2) is 7.30. The van der Waals surface area contributed by atoms with Gasteiger partial charge in [-0.25, -0.2) is 8.42 Å². The predicted octanol–water partition coefficient (Wildman–Crippen LogP) is 4.41. The molecule has 162 valence electrons. The Morgan fingerprint density at radius 2 is 1.50 bits per heavy atom. The second-order valence-electron chi connectivity index (χ2n) is 8.78. The summed E-state index contributed by atoms with van der Waals surface area (Å²) in [5.74, 6) is 0.424. The van der Waals surface area contributed by atoms with Gasteiger partial charge < -0.3 is 9.64 Å². The van der Waals surface area contributed by atoms with E-state index in [1.807, 2.05) is 48.5 Å². The molecule has 1 aliphatic heterocycles. The molecule has 0 saturated carbocycles. The van der Waals surface area contributed by atoms with Crippen LogP contribution in [0, 0.1) is 40.0 Å². The van der Waals surface area contributed by atoms with Gasteiger partial charge in [0.15, 0.2) is 0 Å². The number of nitrogens with one attached hydrogen (secondary N) is 1. The van der Waals surface area contributed by atoms with Crippen molar-refractivity contribution in [1.29, 1.82) is 0 Å². The quantitative estimate of drug-likeness (QED) is 0.783. The maximum absolute atomic E-state index is 13.3. The van der Waals surface area contributed by atoms with Crippen LogP contribution in [0.3, 0.4) is 0 Å². The molecule has 1 heterocycles. The number of hydrogen-bond donors (Lipinski definition) is 1. The molecule has 3 rings (SSSR count). The SMILES string of the molecule is Cc1c(C)c(C)c(S(=O)(=O)Nc2ccc3c(c2)OCC(C)(C)C(=O)N3C)c(C)c1C. The molecule has 7 heteroatoms. The smallest absolute Gasteiger partial charge is 0.262 e. The third-order valence-electron chi connectivity index (χ3n) is 6.25. The first-order valence-corrected chi connectivity index (χ1v) is 11.4. The van der Waals surface area contributed by atoms with E-state index < -0.39 is 15.4 Å². The fourth-order valence-electron chi connectivity index (χ4n) is 3.93. The number of anilines is 2. The van der Waals surface area contributed by atoms with E-state index in [2.05, 4.69) is 4.72 Å². The van der Waals surface area contributed by atoms with Crippen LogP contribution in [0.15, 0.2) is 23.1 Å². The first-order valence-electron chi connectivity index (χ1n) is 9.92. The molecule has 1 N–H and O–H groups in total. The maximum Gasteiger partial charge on any atom is 0.262 e. The lowest BCUT2D eigenvalue weighted by molar-refractivity contribution is -0.127. The topological polar surface area (TPSA) is 75.7 Å². The van der Waals surface area contributed by atoms with Crippen molar-refractivity contribution in [1.82, 2.24) is 0 Å². The largest absolute Gasteiger partial charge is 0.490 e. The van der Waals surface area contributed by atoms with Crippen molar-refractivity contribution in [3.63, 3.8) is 0 Å². The first-order chi connectivity index (χ1) is 13.8. The van der Waals surface area contributed by atoms with Crippen LogP contribution in [0.25, 0.3) is 0 Å². The van der Waals surface area contributed by atoms with Crippen molar-refractivity contribution in [2.45, 2.75) is 53.4 Å². The number of carbonyl (C=O) groups excluding carboxylic acids is 1. The van der Waals surface area contributed by atoms with Crippen molar-refractivity contribution < 1.29 is 17.9 Å². The van der Waals surface area contributed by atoms with Gasteiger partial charge >= 0.3 is 0 Å². The fraction of sp³-hybridized carbons (Fsp3) is 0.435. The highest BCUT2D eigenvalue weighted by molar-refractivity contribution is 7.92. The van der Waals surface area contributed by atoms with Crippen LogP contribution in [0.5, 0.6) is 5.75 Å². The number of ether oxygens (including phenoxy) is 1. The van der Waals surface area contributed by atoms with Gasteiger partial charge in [0.1, 0.15) is 12.4 Å². The van der Waals surface area contributed by atoms with E-state index in [1.54, 1.807) is 30.1 Å². The summed E-state index contributed by atoms with van der Waals surface area (Å²) in [5, 5.41) is 0. The highest BCUT2D eigenvalue weighted by Crippen LogP contribution is 2.38. The molecule has 0 bridgehead atoms. The van der Waals surface area contributed by atoms with E-state index in [4.69, 9.17) is 4.74 Å². The Balaban J connectivity index is 2.03. The number of amides is 1. The number of sulfonamides is 1. The average molecular weight is 431 g/mol. The molecule has 0 radical (unpaired) electrons. The van der Waals surface area contributed by atoms with E-state index in [9.17, 15) is 13.2 Å². The molecule has 0 spiro atoms. The fourth-order valence-corrected chi connectivity index (χ4v) is 5.58. The first kappa shape index (κ1) is 22.2. The summed E-state index contributed by atoms with van der Waals surface area (Å²) in [4.78, 5) is 14.5. The lowest BCUT2D eigenvalue weighted by Gasteiger charge is -2.24. The zero-order chi connectivity index (χ0) is 22.6. The summed E-state index contributed by atoms with van der Waals surface area (Å²) in [7, 11) is -2.10. The van der Waals surface area contributed by atoms with E-state index in [-0.39, 0.29) is 12.5 Å². The number of rotatable bonds is 3. The van der Waals surface area contributed by atoms with Crippen molar-refractivity contribution in [3.8, 4) is 5.75 Å². The minimum absolute atomic E-state index is 0.0496. The van der Waals surface area contributed by atoms with Crippen LogP contribution in [0.4, 0.5) is 11.4 Å². The highest BCUT2D eigenvalue weighted by atomic mass is 32.2. The Hall–Kier alpha value is -2.54. The molecular formula is C23H30N2O4S. The van der Waals surface area contributed by atoms with Crippen molar-refractivity contribution in [3.05, 3.63) is 46.0 Å². The summed E-state index contributed by atoms with van der Waals surface area (Å²) in [5.41, 5.74) is 4.91. The highest BCUT2D eigenvalue weighted by Gasteiger charge is 2.36. The van der Waals surface area contributed by atoms with Crippen molar-refractivity contribution >= 4 is 27.3 Å². The summed E-state index contributed by atoms with van der Waals surface area (Å²) in [6.45, 7) is 13.5. The number of benzene rings is 2. The molecule has 0 fully saturated rings. The van der Waals surface area contributed by atoms with Crippen LogP contribution in [0.1, 0.15) is 41.7 Å². The van der Waals surface area contributed by atoms with Crippen LogP contribution >= 0.6 is 0 Å². The summed E-state index contributed by atoms with van der Waals surface area (Å²) < 4.78 is 35.2. The van der Waals surface area contributed by atoms with Crippen LogP contribution in [0.2, 0.25) is 0 Å². The zero-order valence-corrected chi connectivity index (χ0v) is 19.7.